The van der Waals surface area contributed by atoms with Crippen LogP contribution in [0.2, 0.25) is 0 Å². The van der Waals surface area contributed by atoms with Crippen LogP contribution in [0.15, 0.2) is 28.9 Å². The molecule has 6 nitrogen and oxygen atoms in total. The second-order valence-corrected chi connectivity index (χ2v) is 3.61. The van der Waals surface area contributed by atoms with Gasteiger partial charge in [-0.1, -0.05) is 0 Å². The molecule has 7 heteroatoms. The summed E-state index contributed by atoms with van der Waals surface area (Å²) < 4.78 is 1.64. The molecule has 0 atom stereocenters. The van der Waals surface area contributed by atoms with E-state index in [9.17, 15) is 0 Å². The minimum atomic E-state index is 0.303. The Hall–Kier alpha value is -1.94. The maximum absolute atomic E-state index is 8.54. The molecule has 2 heterocycles. The molecular formula is C8H6N6S. The number of rotatable bonds is 2. The first-order valence-electron chi connectivity index (χ1n) is 4.03. The molecule has 0 radical (unpaired) electrons. The van der Waals surface area contributed by atoms with Crippen molar-refractivity contribution in [3.8, 4) is 6.07 Å². The zero-order valence-corrected chi connectivity index (χ0v) is 8.64. The first kappa shape index (κ1) is 9.61. The van der Waals surface area contributed by atoms with Gasteiger partial charge in [0.15, 0.2) is 10.9 Å². The van der Waals surface area contributed by atoms with Crippen LogP contribution in [0.1, 0.15) is 5.69 Å². The van der Waals surface area contributed by atoms with E-state index in [1.54, 1.807) is 11.7 Å². The first-order chi connectivity index (χ1) is 7.29. The molecule has 2 aromatic rings. The Morgan fingerprint density at radius 2 is 2.20 bits per heavy atom. The molecule has 2 rings (SSSR count). The van der Waals surface area contributed by atoms with Crippen LogP contribution in [-0.4, -0.2) is 24.7 Å². The van der Waals surface area contributed by atoms with Crippen LogP contribution in [-0.2, 0) is 7.05 Å². The molecular weight excluding hydrogens is 212 g/mol. The van der Waals surface area contributed by atoms with Crippen LogP contribution in [0.25, 0.3) is 0 Å². The number of nitriles is 1. The molecule has 2 aromatic heterocycles. The Bertz CT molecular complexity index is 497. The van der Waals surface area contributed by atoms with Crippen LogP contribution in [0.5, 0.6) is 0 Å². The second-order valence-electron chi connectivity index (χ2n) is 2.62. The van der Waals surface area contributed by atoms with Crippen molar-refractivity contribution in [2.75, 3.05) is 0 Å². The molecule has 0 N–H and O–H groups in total. The van der Waals surface area contributed by atoms with Crippen LogP contribution in [0.3, 0.4) is 0 Å². The summed E-state index contributed by atoms with van der Waals surface area (Å²) in [5, 5.41) is 13.9. The first-order valence-corrected chi connectivity index (χ1v) is 4.85. The average Bonchev–Trinajstić information content (AvgIpc) is 2.66. The van der Waals surface area contributed by atoms with Gasteiger partial charge in [0.05, 0.1) is 12.4 Å². The highest BCUT2D eigenvalue weighted by atomic mass is 32.2. The van der Waals surface area contributed by atoms with E-state index in [0.29, 0.717) is 10.7 Å². The minimum Gasteiger partial charge on any atom is -0.245 e. The lowest BCUT2D eigenvalue weighted by Crippen LogP contribution is -1.93. The van der Waals surface area contributed by atoms with E-state index in [1.807, 2.05) is 6.07 Å². The third kappa shape index (κ3) is 2.11. The summed E-state index contributed by atoms with van der Waals surface area (Å²) in [6.07, 6.45) is 4.44. The topological polar surface area (TPSA) is 80.3 Å². The van der Waals surface area contributed by atoms with Crippen molar-refractivity contribution < 1.29 is 0 Å². The molecule has 0 aliphatic carbocycles. The predicted octanol–water partition coefficient (Wildman–Crippen LogP) is 0.628. The lowest BCUT2D eigenvalue weighted by atomic mass is 10.5. The van der Waals surface area contributed by atoms with Crippen LogP contribution in [0.4, 0.5) is 0 Å². The maximum Gasteiger partial charge on any atom is 0.192 e. The van der Waals surface area contributed by atoms with E-state index in [1.165, 1.54) is 30.5 Å². The fraction of sp³-hybridized carbons (Fsp3) is 0.125. The number of aryl methyl sites for hydroxylation is 1. The van der Waals surface area contributed by atoms with Gasteiger partial charge in [0.2, 0.25) is 0 Å². The molecule has 0 aliphatic rings. The summed E-state index contributed by atoms with van der Waals surface area (Å²) >= 11 is 1.35. The van der Waals surface area contributed by atoms with Crippen molar-refractivity contribution in [2.45, 2.75) is 10.2 Å². The van der Waals surface area contributed by atoms with Gasteiger partial charge in [0.25, 0.3) is 0 Å². The Labute approximate surface area is 90.0 Å². The third-order valence-corrected chi connectivity index (χ3v) is 2.58. The van der Waals surface area contributed by atoms with Crippen molar-refractivity contribution in [3.63, 3.8) is 0 Å². The van der Waals surface area contributed by atoms with E-state index in [0.717, 1.165) is 5.16 Å². The number of hydrogen-bond donors (Lipinski definition) is 0. The highest BCUT2D eigenvalue weighted by molar-refractivity contribution is 7.99. The van der Waals surface area contributed by atoms with Gasteiger partial charge in [0.1, 0.15) is 17.4 Å². The quantitative estimate of drug-likeness (QED) is 0.735. The highest BCUT2D eigenvalue weighted by Gasteiger charge is 2.04. The molecule has 0 aliphatic heterocycles. The molecule has 0 saturated carbocycles. The van der Waals surface area contributed by atoms with Gasteiger partial charge in [0, 0.05) is 7.05 Å². The van der Waals surface area contributed by atoms with Crippen LogP contribution in [0, 0.1) is 11.3 Å². The fourth-order valence-electron chi connectivity index (χ4n) is 0.898. The Kier molecular flexibility index (Phi) is 2.60. The molecule has 0 amide bonds. The highest BCUT2D eigenvalue weighted by Crippen LogP contribution is 2.21. The third-order valence-electron chi connectivity index (χ3n) is 1.61. The van der Waals surface area contributed by atoms with E-state index in [-0.39, 0.29) is 0 Å². The minimum absolute atomic E-state index is 0.303. The molecule has 0 saturated heterocycles. The summed E-state index contributed by atoms with van der Waals surface area (Å²) in [5.41, 5.74) is 0.303. The number of aromatic nitrogens is 5. The van der Waals surface area contributed by atoms with Crippen molar-refractivity contribution in [2.24, 2.45) is 7.05 Å². The largest absolute Gasteiger partial charge is 0.245 e. The van der Waals surface area contributed by atoms with Gasteiger partial charge < -0.3 is 0 Å². The maximum atomic E-state index is 8.54. The summed E-state index contributed by atoms with van der Waals surface area (Å²) in [6, 6.07) is 1.91. The van der Waals surface area contributed by atoms with Gasteiger partial charge in [-0.3, -0.25) is 0 Å². The Balaban J connectivity index is 2.19. The number of nitrogens with zero attached hydrogens (tertiary/aromatic N) is 6. The number of hydrogen-bond acceptors (Lipinski definition) is 6. The van der Waals surface area contributed by atoms with Crippen molar-refractivity contribution in [3.05, 3.63) is 24.4 Å². The van der Waals surface area contributed by atoms with Gasteiger partial charge in [-0.15, -0.1) is 0 Å². The Morgan fingerprint density at radius 3 is 2.73 bits per heavy atom. The SMILES string of the molecule is Cn1ncnc1Sc1cnc(C#N)cn1. The summed E-state index contributed by atoms with van der Waals surface area (Å²) in [7, 11) is 1.80. The summed E-state index contributed by atoms with van der Waals surface area (Å²) in [4.78, 5) is 12.0. The van der Waals surface area contributed by atoms with Crippen molar-refractivity contribution in [1.82, 2.24) is 24.7 Å². The monoisotopic (exact) mass is 218 g/mol. The van der Waals surface area contributed by atoms with Gasteiger partial charge in [-0.25, -0.2) is 19.6 Å². The normalized spacial score (nSPS) is 9.87. The van der Waals surface area contributed by atoms with Gasteiger partial charge in [-0.05, 0) is 11.8 Å². The van der Waals surface area contributed by atoms with E-state index in [2.05, 4.69) is 20.1 Å². The molecule has 0 bridgehead atoms. The summed E-state index contributed by atoms with van der Waals surface area (Å²) in [5.74, 6) is 0. The molecule has 0 unspecified atom stereocenters. The standard InChI is InChI=1S/C8H6N6S/c1-14-8(12-5-13-14)15-7-4-10-6(2-9)3-11-7/h3-5H,1H3. The van der Waals surface area contributed by atoms with Gasteiger partial charge >= 0.3 is 0 Å². The van der Waals surface area contributed by atoms with E-state index in [4.69, 9.17) is 5.26 Å². The smallest absolute Gasteiger partial charge is 0.192 e. The molecule has 0 spiro atoms. The molecule has 0 fully saturated rings. The Morgan fingerprint density at radius 1 is 1.33 bits per heavy atom. The lowest BCUT2D eigenvalue weighted by Gasteiger charge is -1.98. The fourth-order valence-corrected chi connectivity index (χ4v) is 1.58. The van der Waals surface area contributed by atoms with Gasteiger partial charge in [-0.2, -0.15) is 10.4 Å². The average molecular weight is 218 g/mol. The van der Waals surface area contributed by atoms with Crippen LogP contribution < -0.4 is 0 Å². The van der Waals surface area contributed by atoms with Crippen LogP contribution >= 0.6 is 11.8 Å². The molecule has 0 aromatic carbocycles. The molecule has 15 heavy (non-hydrogen) atoms. The zero-order chi connectivity index (χ0) is 10.7. The summed E-state index contributed by atoms with van der Waals surface area (Å²) in [6.45, 7) is 0. The second kappa shape index (κ2) is 4.06. The van der Waals surface area contributed by atoms with Crippen molar-refractivity contribution in [1.29, 1.82) is 5.26 Å². The molecule has 74 valence electrons. The van der Waals surface area contributed by atoms with E-state index >= 15 is 0 Å². The van der Waals surface area contributed by atoms with Crippen molar-refractivity contribution >= 4 is 11.8 Å². The van der Waals surface area contributed by atoms with E-state index < -0.39 is 0 Å². The lowest BCUT2D eigenvalue weighted by molar-refractivity contribution is 0.684. The zero-order valence-electron chi connectivity index (χ0n) is 7.82. The predicted molar refractivity (Wildman–Crippen MR) is 51.9 cm³/mol.